The van der Waals surface area contributed by atoms with Crippen LogP contribution in [0.15, 0.2) is 12.2 Å². The van der Waals surface area contributed by atoms with Crippen LogP contribution in [0.25, 0.3) is 0 Å². The lowest BCUT2D eigenvalue weighted by atomic mass is 9.83. The molecule has 0 aromatic heterocycles. The van der Waals surface area contributed by atoms with E-state index in [9.17, 15) is 0 Å². The minimum absolute atomic E-state index is 0.337. The van der Waals surface area contributed by atoms with Crippen molar-refractivity contribution in [3.8, 4) is 0 Å². The molecule has 1 nitrogen and oxygen atoms in total. The van der Waals surface area contributed by atoms with Crippen molar-refractivity contribution in [3.05, 3.63) is 12.2 Å². The van der Waals surface area contributed by atoms with Gasteiger partial charge in [-0.1, -0.05) is 34.6 Å². The van der Waals surface area contributed by atoms with E-state index in [-0.39, 0.29) is 0 Å². The van der Waals surface area contributed by atoms with Gasteiger partial charge in [0.05, 0.1) is 0 Å². The molecule has 0 heterocycles. The van der Waals surface area contributed by atoms with E-state index >= 15 is 0 Å². The summed E-state index contributed by atoms with van der Waals surface area (Å²) in [5, 5.41) is 6.90. The summed E-state index contributed by atoms with van der Waals surface area (Å²) in [5.74, 6) is 0. The molecule has 0 aliphatic heterocycles. The zero-order valence-electron chi connectivity index (χ0n) is 7.65. The Labute approximate surface area is 72.2 Å². The summed E-state index contributed by atoms with van der Waals surface area (Å²) in [5.41, 5.74) is 1.57. The van der Waals surface area contributed by atoms with Gasteiger partial charge in [0.2, 0.25) is 7.00 Å². The molecule has 0 bridgehead atoms. The second kappa shape index (κ2) is 4.72. The van der Waals surface area contributed by atoms with Crippen LogP contribution < -0.4 is 0 Å². The number of hydrogen-bond donors (Lipinski definition) is 1. The minimum atomic E-state index is 0.337. The first-order valence-electron chi connectivity index (χ1n) is 3.80. The molecule has 0 aliphatic rings. The Morgan fingerprint density at radius 2 is 2.09 bits per heavy atom. The van der Waals surface area contributed by atoms with Crippen LogP contribution in [0.4, 0.5) is 0 Å². The van der Waals surface area contributed by atoms with E-state index in [1.807, 2.05) is 7.00 Å². The third-order valence-corrected chi connectivity index (χ3v) is 1.62. The predicted molar refractivity (Wildman–Crippen MR) is 53.4 cm³/mol. The summed E-state index contributed by atoms with van der Waals surface area (Å²) in [7, 11) is 0.611. The lowest BCUT2D eigenvalue weighted by Crippen LogP contribution is -2.05. The monoisotopic (exact) mass is 168 g/mol. The van der Waals surface area contributed by atoms with Gasteiger partial charge in [0.25, 0.3) is 0 Å². The molecule has 0 spiro atoms. The summed E-state index contributed by atoms with van der Waals surface area (Å²) in [6, 6.07) is 0. The molecule has 0 aromatic carbocycles. The van der Waals surface area contributed by atoms with E-state index in [1.165, 1.54) is 5.57 Å². The highest BCUT2D eigenvalue weighted by molar-refractivity contribution is 7.61. The van der Waals surface area contributed by atoms with Gasteiger partial charge in [-0.15, -0.1) is 6.58 Å². The standard InChI is InChI=1S/C8H16BNP/c1-7(6-9-11-10)5-8(2,3)4/h10H,1,5-6H2,2-4H3. The van der Waals surface area contributed by atoms with Gasteiger partial charge in [-0.2, -0.15) is 0 Å². The molecule has 61 valence electrons. The molecule has 0 fully saturated rings. The van der Waals surface area contributed by atoms with Crippen molar-refractivity contribution in [2.45, 2.75) is 33.5 Å². The van der Waals surface area contributed by atoms with Gasteiger partial charge in [-0.25, -0.2) is 0 Å². The molecule has 0 saturated heterocycles. The van der Waals surface area contributed by atoms with Crippen LogP contribution in [-0.2, 0) is 0 Å². The first-order chi connectivity index (χ1) is 4.95. The van der Waals surface area contributed by atoms with Crippen LogP contribution >= 0.6 is 8.25 Å². The smallest absolute Gasteiger partial charge is 0.213 e. The van der Waals surface area contributed by atoms with Crippen molar-refractivity contribution < 1.29 is 0 Å². The van der Waals surface area contributed by atoms with E-state index in [2.05, 4.69) is 27.4 Å². The lowest BCUT2D eigenvalue weighted by molar-refractivity contribution is 0.410. The maximum absolute atomic E-state index is 6.90. The van der Waals surface area contributed by atoms with Crippen LogP contribution in [0.2, 0.25) is 6.32 Å². The molecule has 1 N–H and O–H groups in total. The summed E-state index contributed by atoms with van der Waals surface area (Å²) in [6.07, 6.45) is 1.95. The fraction of sp³-hybridized carbons (Fsp3) is 0.750. The molecular formula is C8H16BNP. The highest BCUT2D eigenvalue weighted by atomic mass is 31.1. The van der Waals surface area contributed by atoms with E-state index in [4.69, 9.17) is 5.16 Å². The SMILES string of the molecule is C=C(C[B]P=N)CC(C)(C)C. The Morgan fingerprint density at radius 1 is 1.55 bits per heavy atom. The van der Waals surface area contributed by atoms with Crippen LogP contribution in [0.1, 0.15) is 27.2 Å². The molecule has 11 heavy (non-hydrogen) atoms. The van der Waals surface area contributed by atoms with Crippen LogP contribution in [0, 0.1) is 10.6 Å². The Bertz CT molecular complexity index is 149. The maximum Gasteiger partial charge on any atom is 0.213 e. The molecule has 3 heteroatoms. The number of nitrogens with one attached hydrogen (secondary N) is 1. The molecule has 0 aliphatic carbocycles. The van der Waals surface area contributed by atoms with Gasteiger partial charge in [0.15, 0.2) is 0 Å². The quantitative estimate of drug-likeness (QED) is 0.375. The fourth-order valence-corrected chi connectivity index (χ4v) is 1.35. The Balaban J connectivity index is 3.61. The Morgan fingerprint density at radius 3 is 2.45 bits per heavy atom. The first-order valence-corrected chi connectivity index (χ1v) is 4.77. The van der Waals surface area contributed by atoms with Crippen LogP contribution in [0.5, 0.6) is 0 Å². The lowest BCUT2D eigenvalue weighted by Gasteiger charge is -2.18. The van der Waals surface area contributed by atoms with Crippen molar-refractivity contribution >= 4 is 15.3 Å². The van der Waals surface area contributed by atoms with Crippen molar-refractivity contribution in [1.82, 2.24) is 0 Å². The fourth-order valence-electron chi connectivity index (χ4n) is 0.997. The summed E-state index contributed by atoms with van der Waals surface area (Å²) >= 11 is 0. The number of hydrogen-bond acceptors (Lipinski definition) is 1. The van der Waals surface area contributed by atoms with Crippen molar-refractivity contribution in [1.29, 1.82) is 5.16 Å². The molecule has 0 rings (SSSR count). The first kappa shape index (κ1) is 10.9. The van der Waals surface area contributed by atoms with Crippen molar-refractivity contribution in [3.63, 3.8) is 0 Å². The van der Waals surface area contributed by atoms with Gasteiger partial charge < -0.3 is 0 Å². The molecule has 1 radical (unpaired) electrons. The van der Waals surface area contributed by atoms with Gasteiger partial charge in [0.1, 0.15) is 0 Å². The average molecular weight is 168 g/mol. The van der Waals surface area contributed by atoms with E-state index < -0.39 is 0 Å². The average Bonchev–Trinajstić information content (AvgIpc) is 1.79. The molecule has 0 amide bonds. The van der Waals surface area contributed by atoms with Gasteiger partial charge in [-0.3, -0.25) is 5.16 Å². The van der Waals surface area contributed by atoms with Crippen LogP contribution in [-0.4, -0.2) is 7.00 Å². The highest BCUT2D eigenvalue weighted by Crippen LogP contribution is 2.25. The van der Waals surface area contributed by atoms with E-state index in [1.54, 1.807) is 0 Å². The Kier molecular flexibility index (Phi) is 4.68. The van der Waals surface area contributed by atoms with E-state index in [0.29, 0.717) is 13.7 Å². The zero-order valence-corrected chi connectivity index (χ0v) is 8.54. The minimum Gasteiger partial charge on any atom is -0.296 e. The topological polar surface area (TPSA) is 23.9 Å². The maximum atomic E-state index is 6.90. The molecule has 0 unspecified atom stereocenters. The van der Waals surface area contributed by atoms with E-state index in [0.717, 1.165) is 12.7 Å². The summed E-state index contributed by atoms with van der Waals surface area (Å²) in [6.45, 7) is 12.5. The zero-order chi connectivity index (χ0) is 8.91. The largest absolute Gasteiger partial charge is 0.296 e. The molecular weight excluding hydrogens is 152 g/mol. The second-order valence-electron chi connectivity index (χ2n) is 4.00. The summed E-state index contributed by atoms with van der Waals surface area (Å²) in [4.78, 5) is 0. The van der Waals surface area contributed by atoms with Crippen molar-refractivity contribution in [2.24, 2.45) is 5.41 Å². The van der Waals surface area contributed by atoms with Gasteiger partial charge in [-0.05, 0) is 18.2 Å². The molecule has 0 atom stereocenters. The predicted octanol–water partition coefficient (Wildman–Crippen LogP) is 3.72. The third-order valence-electron chi connectivity index (χ3n) is 1.25. The van der Waals surface area contributed by atoms with Gasteiger partial charge in [0, 0.05) is 0 Å². The third kappa shape index (κ3) is 7.81. The highest BCUT2D eigenvalue weighted by Gasteiger charge is 2.11. The molecule has 0 saturated carbocycles. The number of allylic oxidation sites excluding steroid dienone is 1. The number of rotatable bonds is 4. The van der Waals surface area contributed by atoms with Crippen molar-refractivity contribution in [2.75, 3.05) is 0 Å². The normalized spacial score (nSPS) is 11.5. The van der Waals surface area contributed by atoms with Crippen LogP contribution in [0.3, 0.4) is 0 Å². The second-order valence-corrected chi connectivity index (χ2v) is 4.63. The Hall–Kier alpha value is -0.0951. The molecule has 0 aromatic rings. The van der Waals surface area contributed by atoms with Gasteiger partial charge >= 0.3 is 0 Å². The summed E-state index contributed by atoms with van der Waals surface area (Å²) < 4.78 is 0.